The van der Waals surface area contributed by atoms with E-state index in [0.717, 1.165) is 0 Å². The summed E-state index contributed by atoms with van der Waals surface area (Å²) in [6, 6.07) is 3.05. The van der Waals surface area contributed by atoms with Crippen molar-refractivity contribution < 1.29 is 0 Å². The van der Waals surface area contributed by atoms with Gasteiger partial charge >= 0.3 is 0 Å². The molecule has 0 aliphatic carbocycles. The van der Waals surface area contributed by atoms with E-state index >= 15 is 0 Å². The molecule has 7 heteroatoms. The Balaban J connectivity index is 2.35. The van der Waals surface area contributed by atoms with Crippen molar-refractivity contribution >= 4 is 5.82 Å². The van der Waals surface area contributed by atoms with Crippen LogP contribution in [0.3, 0.4) is 0 Å². The summed E-state index contributed by atoms with van der Waals surface area (Å²) in [6.45, 7) is 4.25. The van der Waals surface area contributed by atoms with Crippen molar-refractivity contribution in [2.45, 2.75) is 26.4 Å². The molecular formula is C10H14N6O. The van der Waals surface area contributed by atoms with Gasteiger partial charge < -0.3 is 5.73 Å². The van der Waals surface area contributed by atoms with Crippen LogP contribution in [0.2, 0.25) is 0 Å². The molecule has 0 aromatic carbocycles. The van der Waals surface area contributed by atoms with Crippen LogP contribution in [0.4, 0.5) is 5.82 Å². The van der Waals surface area contributed by atoms with Gasteiger partial charge in [-0.2, -0.15) is 10.2 Å². The van der Waals surface area contributed by atoms with Gasteiger partial charge in [-0.15, -0.1) is 0 Å². The van der Waals surface area contributed by atoms with Gasteiger partial charge in [0, 0.05) is 12.1 Å². The molecule has 2 aromatic heterocycles. The summed E-state index contributed by atoms with van der Waals surface area (Å²) < 4.78 is 3.02. The fourth-order valence-corrected chi connectivity index (χ4v) is 1.53. The Kier molecular flexibility index (Phi) is 2.90. The Morgan fingerprint density at radius 2 is 2.18 bits per heavy atom. The Morgan fingerprint density at radius 3 is 2.88 bits per heavy atom. The zero-order chi connectivity index (χ0) is 12.4. The highest BCUT2D eigenvalue weighted by Gasteiger charge is 2.09. The topological polar surface area (TPSA) is 91.6 Å². The van der Waals surface area contributed by atoms with Crippen LogP contribution >= 0.6 is 0 Å². The molecule has 0 unspecified atom stereocenters. The van der Waals surface area contributed by atoms with Crippen LogP contribution in [-0.2, 0) is 6.54 Å². The van der Waals surface area contributed by atoms with E-state index in [1.807, 2.05) is 13.8 Å². The minimum absolute atomic E-state index is 0.185. The number of rotatable bonds is 3. The predicted octanol–water partition coefficient (Wildman–Crippen LogP) is 0.0462. The van der Waals surface area contributed by atoms with E-state index in [9.17, 15) is 4.79 Å². The molecule has 0 bridgehead atoms. The smallest absolute Gasteiger partial charge is 0.267 e. The second kappa shape index (κ2) is 4.36. The van der Waals surface area contributed by atoms with Gasteiger partial charge in [0.25, 0.3) is 5.56 Å². The summed E-state index contributed by atoms with van der Waals surface area (Å²) in [5, 5.41) is 8.04. The molecule has 7 nitrogen and oxygen atoms in total. The highest BCUT2D eigenvalue weighted by molar-refractivity contribution is 5.23. The molecule has 0 spiro atoms. The number of nitrogens with zero attached hydrogens (tertiary/aromatic N) is 5. The zero-order valence-electron chi connectivity index (χ0n) is 9.74. The number of aromatic nitrogens is 5. The predicted molar refractivity (Wildman–Crippen MR) is 62.4 cm³/mol. The Labute approximate surface area is 97.9 Å². The monoisotopic (exact) mass is 234 g/mol. The fourth-order valence-electron chi connectivity index (χ4n) is 1.53. The Hall–Kier alpha value is -2.18. The van der Waals surface area contributed by atoms with E-state index in [1.165, 1.54) is 23.1 Å². The molecule has 2 rings (SSSR count). The molecule has 0 aliphatic heterocycles. The number of hydrogen-bond donors (Lipinski definition) is 1. The molecule has 0 saturated carbocycles. The summed E-state index contributed by atoms with van der Waals surface area (Å²) in [6.07, 6.45) is 1.46. The van der Waals surface area contributed by atoms with Gasteiger partial charge in [0.2, 0.25) is 0 Å². The zero-order valence-corrected chi connectivity index (χ0v) is 9.74. The van der Waals surface area contributed by atoms with Crippen molar-refractivity contribution in [2.75, 3.05) is 5.73 Å². The van der Waals surface area contributed by atoms with E-state index in [4.69, 9.17) is 5.73 Å². The fraction of sp³-hybridized carbons (Fsp3) is 0.400. The van der Waals surface area contributed by atoms with Crippen LogP contribution in [0, 0.1) is 0 Å². The normalized spacial score (nSPS) is 11.0. The molecule has 17 heavy (non-hydrogen) atoms. The Morgan fingerprint density at radius 1 is 1.41 bits per heavy atom. The van der Waals surface area contributed by atoms with Crippen molar-refractivity contribution in [1.82, 2.24) is 24.5 Å². The van der Waals surface area contributed by atoms with Crippen LogP contribution in [-0.4, -0.2) is 24.5 Å². The van der Waals surface area contributed by atoms with Crippen molar-refractivity contribution in [3.05, 3.63) is 34.6 Å². The standard InChI is InChI=1S/C10H14N6O/c1-7(2)16-9(12-6-13-16)5-15-10(17)4-3-8(11)14-15/h3-4,6-7H,5H2,1-2H3,(H2,11,14). The number of anilines is 1. The van der Waals surface area contributed by atoms with Gasteiger partial charge in [0.15, 0.2) is 0 Å². The SMILES string of the molecule is CC(C)n1ncnc1Cn1nc(N)ccc1=O. The van der Waals surface area contributed by atoms with Gasteiger partial charge in [0.05, 0.1) is 0 Å². The van der Waals surface area contributed by atoms with E-state index in [1.54, 1.807) is 4.68 Å². The summed E-state index contributed by atoms with van der Waals surface area (Å²) >= 11 is 0. The average molecular weight is 234 g/mol. The molecular weight excluding hydrogens is 220 g/mol. The van der Waals surface area contributed by atoms with Crippen molar-refractivity contribution in [3.8, 4) is 0 Å². The lowest BCUT2D eigenvalue weighted by atomic mass is 10.4. The maximum Gasteiger partial charge on any atom is 0.267 e. The number of nitrogen functional groups attached to an aromatic ring is 1. The van der Waals surface area contributed by atoms with Gasteiger partial charge in [-0.05, 0) is 19.9 Å². The lowest BCUT2D eigenvalue weighted by molar-refractivity contribution is 0.483. The first-order valence-corrected chi connectivity index (χ1v) is 5.30. The highest BCUT2D eigenvalue weighted by Crippen LogP contribution is 2.05. The van der Waals surface area contributed by atoms with Gasteiger partial charge in [-0.1, -0.05) is 0 Å². The van der Waals surface area contributed by atoms with Crippen LogP contribution in [0.25, 0.3) is 0 Å². The first-order valence-electron chi connectivity index (χ1n) is 5.30. The minimum Gasteiger partial charge on any atom is -0.382 e. The maximum absolute atomic E-state index is 11.6. The van der Waals surface area contributed by atoms with Crippen LogP contribution < -0.4 is 11.3 Å². The summed E-state index contributed by atoms with van der Waals surface area (Å²) in [4.78, 5) is 15.7. The Bertz CT molecular complexity index is 570. The van der Waals surface area contributed by atoms with Crippen molar-refractivity contribution in [2.24, 2.45) is 0 Å². The third kappa shape index (κ3) is 2.32. The highest BCUT2D eigenvalue weighted by atomic mass is 16.1. The van der Waals surface area contributed by atoms with Crippen LogP contribution in [0.1, 0.15) is 25.7 Å². The molecule has 2 N–H and O–H groups in total. The van der Waals surface area contributed by atoms with Crippen LogP contribution in [0.5, 0.6) is 0 Å². The quantitative estimate of drug-likeness (QED) is 0.810. The van der Waals surface area contributed by atoms with Gasteiger partial charge in [-0.25, -0.2) is 14.3 Å². The first kappa shape index (κ1) is 11.3. The second-order valence-corrected chi connectivity index (χ2v) is 3.97. The average Bonchev–Trinajstić information content (AvgIpc) is 2.71. The molecule has 0 amide bonds. The van der Waals surface area contributed by atoms with Crippen molar-refractivity contribution in [1.29, 1.82) is 0 Å². The second-order valence-electron chi connectivity index (χ2n) is 3.97. The van der Waals surface area contributed by atoms with E-state index in [0.29, 0.717) is 11.6 Å². The molecule has 0 fully saturated rings. The third-order valence-corrected chi connectivity index (χ3v) is 2.31. The molecule has 90 valence electrons. The molecule has 0 aliphatic rings. The number of hydrogen-bond acceptors (Lipinski definition) is 5. The molecule has 0 atom stereocenters. The summed E-state index contributed by atoms with van der Waals surface area (Å²) in [7, 11) is 0. The lowest BCUT2D eigenvalue weighted by Gasteiger charge is -2.09. The lowest BCUT2D eigenvalue weighted by Crippen LogP contribution is -2.25. The minimum atomic E-state index is -0.211. The number of nitrogens with two attached hydrogens (primary N) is 1. The molecule has 2 aromatic rings. The van der Waals surface area contributed by atoms with E-state index in [2.05, 4.69) is 15.2 Å². The van der Waals surface area contributed by atoms with Gasteiger partial charge in [-0.3, -0.25) is 4.79 Å². The van der Waals surface area contributed by atoms with E-state index < -0.39 is 0 Å². The first-order chi connectivity index (χ1) is 8.08. The third-order valence-electron chi connectivity index (χ3n) is 2.31. The molecule has 2 heterocycles. The van der Waals surface area contributed by atoms with Gasteiger partial charge in [0.1, 0.15) is 24.5 Å². The van der Waals surface area contributed by atoms with Crippen LogP contribution in [0.15, 0.2) is 23.3 Å². The van der Waals surface area contributed by atoms with Crippen molar-refractivity contribution in [3.63, 3.8) is 0 Å². The molecule has 0 radical (unpaired) electrons. The largest absolute Gasteiger partial charge is 0.382 e. The van der Waals surface area contributed by atoms with E-state index in [-0.39, 0.29) is 18.1 Å². The molecule has 0 saturated heterocycles. The maximum atomic E-state index is 11.6. The summed E-state index contributed by atoms with van der Waals surface area (Å²) in [5.41, 5.74) is 5.33. The summed E-state index contributed by atoms with van der Waals surface area (Å²) in [5.74, 6) is 0.986.